The summed E-state index contributed by atoms with van der Waals surface area (Å²) in [5.74, 6) is -0.955. The van der Waals surface area contributed by atoms with Crippen LogP contribution in [0.2, 0.25) is 0 Å². The van der Waals surface area contributed by atoms with Gasteiger partial charge in [-0.05, 0) is 57.6 Å². The van der Waals surface area contributed by atoms with E-state index in [9.17, 15) is 9.59 Å². The molecule has 2 N–H and O–H groups in total. The fourth-order valence-electron chi connectivity index (χ4n) is 3.25. The summed E-state index contributed by atoms with van der Waals surface area (Å²) < 4.78 is 0. The Hall–Kier alpha value is -1.84. The van der Waals surface area contributed by atoms with E-state index in [1.807, 2.05) is 45.0 Å². The molecule has 1 aromatic rings. The third-order valence-corrected chi connectivity index (χ3v) is 4.80. The minimum absolute atomic E-state index is 0.0144. The standard InChI is InChI=1S/C18H25NO3/c1-12-6-4-5-7-15(12)18(2,3)17(22)19-14-10-8-13(9-11-14)16(20)21/h4-7,13-14H,8-11H2,1-3H3,(H,19,22)(H,20,21). The molecule has 120 valence electrons. The lowest BCUT2D eigenvalue weighted by atomic mass is 9.80. The van der Waals surface area contributed by atoms with Crippen molar-refractivity contribution in [3.8, 4) is 0 Å². The van der Waals surface area contributed by atoms with E-state index in [1.54, 1.807) is 0 Å². The van der Waals surface area contributed by atoms with Gasteiger partial charge in [-0.1, -0.05) is 24.3 Å². The van der Waals surface area contributed by atoms with Gasteiger partial charge in [0.1, 0.15) is 0 Å². The van der Waals surface area contributed by atoms with Crippen LogP contribution in [0.4, 0.5) is 0 Å². The van der Waals surface area contributed by atoms with Crippen LogP contribution in [0.5, 0.6) is 0 Å². The summed E-state index contributed by atoms with van der Waals surface area (Å²) in [6.45, 7) is 5.89. The minimum atomic E-state index is -0.718. The van der Waals surface area contributed by atoms with Crippen LogP contribution in [-0.2, 0) is 15.0 Å². The molecular weight excluding hydrogens is 278 g/mol. The lowest BCUT2D eigenvalue weighted by molar-refractivity contribution is -0.142. The summed E-state index contributed by atoms with van der Waals surface area (Å²) >= 11 is 0. The highest BCUT2D eigenvalue weighted by molar-refractivity contribution is 5.88. The first-order chi connectivity index (χ1) is 10.3. The zero-order valence-corrected chi connectivity index (χ0v) is 13.6. The first-order valence-corrected chi connectivity index (χ1v) is 7.92. The van der Waals surface area contributed by atoms with E-state index in [-0.39, 0.29) is 17.9 Å². The van der Waals surface area contributed by atoms with Crippen molar-refractivity contribution in [2.24, 2.45) is 5.92 Å². The predicted molar refractivity (Wildman–Crippen MR) is 85.7 cm³/mol. The number of rotatable bonds is 4. The van der Waals surface area contributed by atoms with E-state index in [1.165, 1.54) is 0 Å². The van der Waals surface area contributed by atoms with E-state index in [0.717, 1.165) is 24.0 Å². The summed E-state index contributed by atoms with van der Waals surface area (Å²) in [4.78, 5) is 23.7. The van der Waals surface area contributed by atoms with Crippen LogP contribution in [-0.4, -0.2) is 23.0 Å². The largest absolute Gasteiger partial charge is 0.481 e. The number of carboxylic acid groups (broad SMARTS) is 1. The summed E-state index contributed by atoms with van der Waals surface area (Å²) in [6.07, 6.45) is 2.77. The van der Waals surface area contributed by atoms with E-state index >= 15 is 0 Å². The monoisotopic (exact) mass is 303 g/mol. The maximum Gasteiger partial charge on any atom is 0.306 e. The highest BCUT2D eigenvalue weighted by atomic mass is 16.4. The van der Waals surface area contributed by atoms with E-state index in [2.05, 4.69) is 5.32 Å². The number of hydrogen-bond donors (Lipinski definition) is 2. The SMILES string of the molecule is Cc1ccccc1C(C)(C)C(=O)NC1CCC(C(=O)O)CC1. The molecule has 0 saturated heterocycles. The van der Waals surface area contributed by atoms with Gasteiger partial charge in [0.25, 0.3) is 0 Å². The Kier molecular flexibility index (Phi) is 4.89. The zero-order chi connectivity index (χ0) is 16.3. The van der Waals surface area contributed by atoms with Crippen LogP contribution in [0.15, 0.2) is 24.3 Å². The highest BCUT2D eigenvalue weighted by Gasteiger charge is 2.34. The Morgan fingerprint density at radius 2 is 1.73 bits per heavy atom. The molecule has 1 saturated carbocycles. The van der Waals surface area contributed by atoms with Gasteiger partial charge >= 0.3 is 5.97 Å². The molecule has 4 heteroatoms. The van der Waals surface area contributed by atoms with Crippen molar-refractivity contribution in [3.05, 3.63) is 35.4 Å². The van der Waals surface area contributed by atoms with Crippen molar-refractivity contribution >= 4 is 11.9 Å². The molecular formula is C18H25NO3. The average molecular weight is 303 g/mol. The second kappa shape index (κ2) is 6.51. The third kappa shape index (κ3) is 3.49. The van der Waals surface area contributed by atoms with Crippen molar-refractivity contribution in [1.82, 2.24) is 5.32 Å². The summed E-state index contributed by atoms with van der Waals surface area (Å²) in [5.41, 5.74) is 1.55. The van der Waals surface area contributed by atoms with Crippen LogP contribution in [0.1, 0.15) is 50.7 Å². The van der Waals surface area contributed by atoms with Crippen molar-refractivity contribution in [3.63, 3.8) is 0 Å². The number of carbonyl (C=O) groups is 2. The van der Waals surface area contributed by atoms with Gasteiger partial charge in [-0.25, -0.2) is 0 Å². The Bertz CT molecular complexity index is 557. The molecule has 0 aromatic heterocycles. The smallest absolute Gasteiger partial charge is 0.306 e. The molecule has 0 heterocycles. The van der Waals surface area contributed by atoms with Gasteiger partial charge in [0, 0.05) is 6.04 Å². The second-order valence-electron chi connectivity index (χ2n) is 6.80. The van der Waals surface area contributed by atoms with Crippen molar-refractivity contribution < 1.29 is 14.7 Å². The fourth-order valence-corrected chi connectivity index (χ4v) is 3.25. The number of benzene rings is 1. The lowest BCUT2D eigenvalue weighted by Crippen LogP contribution is -2.47. The van der Waals surface area contributed by atoms with E-state index in [4.69, 9.17) is 5.11 Å². The fraction of sp³-hybridized carbons (Fsp3) is 0.556. The minimum Gasteiger partial charge on any atom is -0.481 e. The van der Waals surface area contributed by atoms with Crippen LogP contribution in [0.3, 0.4) is 0 Å². The Morgan fingerprint density at radius 1 is 1.14 bits per heavy atom. The molecule has 0 atom stereocenters. The summed E-state index contributed by atoms with van der Waals surface area (Å²) in [7, 11) is 0. The predicted octanol–water partition coefficient (Wildman–Crippen LogP) is 3.03. The normalized spacial score (nSPS) is 22.1. The van der Waals surface area contributed by atoms with Crippen molar-refractivity contribution in [1.29, 1.82) is 0 Å². The van der Waals surface area contributed by atoms with Crippen molar-refractivity contribution in [2.75, 3.05) is 0 Å². The molecule has 1 aliphatic carbocycles. The lowest BCUT2D eigenvalue weighted by Gasteiger charge is -2.32. The van der Waals surface area contributed by atoms with Crippen LogP contribution in [0, 0.1) is 12.8 Å². The highest BCUT2D eigenvalue weighted by Crippen LogP contribution is 2.29. The van der Waals surface area contributed by atoms with Crippen molar-refractivity contribution in [2.45, 2.75) is 57.9 Å². The van der Waals surface area contributed by atoms with Gasteiger partial charge in [0.2, 0.25) is 5.91 Å². The first-order valence-electron chi connectivity index (χ1n) is 7.92. The number of aliphatic carboxylic acids is 1. The Morgan fingerprint density at radius 3 is 2.27 bits per heavy atom. The zero-order valence-electron chi connectivity index (χ0n) is 13.6. The maximum absolute atomic E-state index is 12.7. The number of aryl methyl sites for hydroxylation is 1. The molecule has 4 nitrogen and oxygen atoms in total. The summed E-state index contributed by atoms with van der Waals surface area (Å²) in [6, 6.07) is 8.03. The number of carboxylic acids is 1. The van der Waals surface area contributed by atoms with Crippen LogP contribution in [0.25, 0.3) is 0 Å². The average Bonchev–Trinajstić information content (AvgIpc) is 2.48. The van der Waals surface area contributed by atoms with Crippen LogP contribution < -0.4 is 5.32 Å². The molecule has 2 rings (SSSR count). The van der Waals surface area contributed by atoms with Gasteiger partial charge in [-0.2, -0.15) is 0 Å². The molecule has 0 radical (unpaired) electrons. The van der Waals surface area contributed by atoms with Gasteiger partial charge in [0.15, 0.2) is 0 Å². The first kappa shape index (κ1) is 16.5. The number of amides is 1. The molecule has 0 aliphatic heterocycles. The van der Waals surface area contributed by atoms with Gasteiger partial charge in [-0.3, -0.25) is 9.59 Å². The van der Waals surface area contributed by atoms with E-state index < -0.39 is 11.4 Å². The third-order valence-electron chi connectivity index (χ3n) is 4.80. The Labute approximate surface area is 131 Å². The van der Waals surface area contributed by atoms with Gasteiger partial charge in [-0.15, -0.1) is 0 Å². The Balaban J connectivity index is 2.00. The van der Waals surface area contributed by atoms with E-state index in [0.29, 0.717) is 12.8 Å². The maximum atomic E-state index is 12.7. The molecule has 0 bridgehead atoms. The summed E-state index contributed by atoms with van der Waals surface area (Å²) in [5, 5.41) is 12.1. The number of carbonyl (C=O) groups excluding carboxylic acids is 1. The van der Waals surface area contributed by atoms with Gasteiger partial charge in [0.05, 0.1) is 11.3 Å². The number of hydrogen-bond acceptors (Lipinski definition) is 2. The molecule has 1 amide bonds. The molecule has 1 aromatic carbocycles. The molecule has 22 heavy (non-hydrogen) atoms. The van der Waals surface area contributed by atoms with Gasteiger partial charge < -0.3 is 10.4 Å². The molecule has 1 aliphatic rings. The molecule has 0 spiro atoms. The molecule has 1 fully saturated rings. The molecule has 0 unspecified atom stereocenters. The van der Waals surface area contributed by atoms with Crippen LogP contribution >= 0.6 is 0 Å². The topological polar surface area (TPSA) is 66.4 Å². The number of nitrogens with one attached hydrogen (secondary N) is 1. The second-order valence-corrected chi connectivity index (χ2v) is 6.80. The quantitative estimate of drug-likeness (QED) is 0.898.